The van der Waals surface area contributed by atoms with E-state index in [1.807, 2.05) is 6.92 Å². The van der Waals surface area contributed by atoms with E-state index in [2.05, 4.69) is 15.6 Å². The highest BCUT2D eigenvalue weighted by Gasteiger charge is 2.08. The first-order valence-corrected chi connectivity index (χ1v) is 8.17. The van der Waals surface area contributed by atoms with Gasteiger partial charge in [-0.1, -0.05) is 23.2 Å². The van der Waals surface area contributed by atoms with Crippen LogP contribution >= 0.6 is 23.2 Å². The molecule has 0 saturated heterocycles. The Labute approximate surface area is 150 Å². The fourth-order valence-corrected chi connectivity index (χ4v) is 2.23. The van der Waals surface area contributed by atoms with Gasteiger partial charge >= 0.3 is 0 Å². The van der Waals surface area contributed by atoms with Gasteiger partial charge in [0.25, 0.3) is 11.8 Å². The predicted octanol–water partition coefficient (Wildman–Crippen LogP) is 3.25. The maximum atomic E-state index is 12.0. The highest BCUT2D eigenvalue weighted by Crippen LogP contribution is 2.22. The van der Waals surface area contributed by atoms with Crippen molar-refractivity contribution in [1.29, 1.82) is 0 Å². The fourth-order valence-electron chi connectivity index (χ4n) is 1.94. The summed E-state index contributed by atoms with van der Waals surface area (Å²) in [7, 11) is 0. The minimum absolute atomic E-state index is 0.182. The van der Waals surface area contributed by atoms with Gasteiger partial charge in [0.2, 0.25) is 0 Å². The molecular formula is C17H17Cl2N3O2. The lowest BCUT2D eigenvalue weighted by molar-refractivity contribution is 0.0951. The molecule has 0 atom stereocenters. The number of benzene rings is 1. The van der Waals surface area contributed by atoms with E-state index in [0.29, 0.717) is 40.7 Å². The minimum atomic E-state index is -0.234. The zero-order chi connectivity index (χ0) is 17.5. The maximum Gasteiger partial charge on any atom is 0.252 e. The number of nitrogens with one attached hydrogen (secondary N) is 2. The molecule has 0 fully saturated rings. The van der Waals surface area contributed by atoms with Gasteiger partial charge < -0.3 is 10.6 Å². The Balaban J connectivity index is 1.70. The lowest BCUT2D eigenvalue weighted by atomic mass is 10.2. The molecule has 0 bridgehead atoms. The molecule has 1 aromatic carbocycles. The highest BCUT2D eigenvalue weighted by atomic mass is 35.5. The zero-order valence-corrected chi connectivity index (χ0v) is 14.6. The van der Waals surface area contributed by atoms with Crippen LogP contribution in [0.15, 0.2) is 36.5 Å². The number of aryl methyl sites for hydroxylation is 1. The van der Waals surface area contributed by atoms with Gasteiger partial charge in [0.05, 0.1) is 15.6 Å². The molecule has 2 N–H and O–H groups in total. The third kappa shape index (κ3) is 5.22. The summed E-state index contributed by atoms with van der Waals surface area (Å²) in [5.74, 6) is -0.416. The first kappa shape index (κ1) is 18.2. The SMILES string of the molecule is Cc1ccc(C(=O)NCCCNC(=O)c2ccc(Cl)c(Cl)c2)cn1. The van der Waals surface area contributed by atoms with E-state index in [1.54, 1.807) is 24.3 Å². The number of nitrogens with zero attached hydrogens (tertiary/aromatic N) is 1. The first-order valence-electron chi connectivity index (χ1n) is 7.41. The third-order valence-corrected chi connectivity index (χ3v) is 4.02. The summed E-state index contributed by atoms with van der Waals surface area (Å²) in [5.41, 5.74) is 1.82. The van der Waals surface area contributed by atoms with E-state index in [0.717, 1.165) is 5.69 Å². The van der Waals surface area contributed by atoms with E-state index in [9.17, 15) is 9.59 Å². The van der Waals surface area contributed by atoms with Crippen molar-refractivity contribution in [1.82, 2.24) is 15.6 Å². The van der Waals surface area contributed by atoms with Crippen molar-refractivity contribution in [2.75, 3.05) is 13.1 Å². The van der Waals surface area contributed by atoms with Gasteiger partial charge in [-0.25, -0.2) is 0 Å². The smallest absolute Gasteiger partial charge is 0.252 e. The van der Waals surface area contributed by atoms with Crippen molar-refractivity contribution in [2.45, 2.75) is 13.3 Å². The summed E-state index contributed by atoms with van der Waals surface area (Å²) in [5, 5.41) is 6.28. The Morgan fingerprint density at radius 3 is 2.17 bits per heavy atom. The van der Waals surface area contributed by atoms with Crippen molar-refractivity contribution in [3.05, 3.63) is 63.4 Å². The van der Waals surface area contributed by atoms with E-state index in [4.69, 9.17) is 23.2 Å². The number of carbonyl (C=O) groups excluding carboxylic acids is 2. The van der Waals surface area contributed by atoms with Crippen LogP contribution in [0.25, 0.3) is 0 Å². The summed E-state index contributed by atoms with van der Waals surface area (Å²) in [4.78, 5) is 27.9. The summed E-state index contributed by atoms with van der Waals surface area (Å²) in [6.45, 7) is 2.75. The van der Waals surface area contributed by atoms with Gasteiger partial charge in [-0.3, -0.25) is 14.6 Å². The monoisotopic (exact) mass is 365 g/mol. The van der Waals surface area contributed by atoms with Crippen molar-refractivity contribution in [3.8, 4) is 0 Å². The molecule has 0 aliphatic rings. The Morgan fingerprint density at radius 2 is 1.58 bits per heavy atom. The quantitative estimate of drug-likeness (QED) is 0.771. The molecule has 126 valence electrons. The van der Waals surface area contributed by atoms with Crippen LogP contribution in [0.2, 0.25) is 10.0 Å². The van der Waals surface area contributed by atoms with Crippen LogP contribution < -0.4 is 10.6 Å². The molecule has 1 aromatic heterocycles. The predicted molar refractivity (Wildman–Crippen MR) is 94.7 cm³/mol. The van der Waals surface area contributed by atoms with Gasteiger partial charge in [0, 0.05) is 30.5 Å². The highest BCUT2D eigenvalue weighted by molar-refractivity contribution is 6.42. The first-order chi connectivity index (χ1) is 11.5. The molecule has 5 nitrogen and oxygen atoms in total. The molecule has 7 heteroatoms. The van der Waals surface area contributed by atoms with Crippen LogP contribution in [0.1, 0.15) is 32.8 Å². The molecule has 0 spiro atoms. The molecule has 0 radical (unpaired) electrons. The molecule has 2 amide bonds. The maximum absolute atomic E-state index is 12.0. The van der Waals surface area contributed by atoms with E-state index < -0.39 is 0 Å². The van der Waals surface area contributed by atoms with E-state index in [1.165, 1.54) is 12.3 Å². The number of rotatable bonds is 6. The number of hydrogen-bond donors (Lipinski definition) is 2. The topological polar surface area (TPSA) is 71.1 Å². The molecule has 0 unspecified atom stereocenters. The number of hydrogen-bond acceptors (Lipinski definition) is 3. The third-order valence-electron chi connectivity index (χ3n) is 3.28. The molecular weight excluding hydrogens is 349 g/mol. The second-order valence-corrected chi connectivity index (χ2v) is 6.00. The Morgan fingerprint density at radius 1 is 0.958 bits per heavy atom. The van der Waals surface area contributed by atoms with Crippen LogP contribution in [0.3, 0.4) is 0 Å². The standard InChI is InChI=1S/C17H17Cl2N3O2/c1-11-3-4-13(10-22-11)17(24)21-8-2-7-20-16(23)12-5-6-14(18)15(19)9-12/h3-6,9-10H,2,7-8H2,1H3,(H,20,23)(H,21,24). The Kier molecular flexibility index (Phi) is 6.58. The van der Waals surface area contributed by atoms with E-state index in [-0.39, 0.29) is 11.8 Å². The summed E-state index contributed by atoms with van der Waals surface area (Å²) in [6.07, 6.45) is 2.15. The van der Waals surface area contributed by atoms with Crippen molar-refractivity contribution in [3.63, 3.8) is 0 Å². The lowest BCUT2D eigenvalue weighted by Crippen LogP contribution is -2.30. The number of carbonyl (C=O) groups is 2. The van der Waals surface area contributed by atoms with Crippen molar-refractivity contribution < 1.29 is 9.59 Å². The van der Waals surface area contributed by atoms with Gasteiger partial charge in [0.1, 0.15) is 0 Å². The molecule has 0 aliphatic carbocycles. The van der Waals surface area contributed by atoms with Crippen LogP contribution in [0.4, 0.5) is 0 Å². The van der Waals surface area contributed by atoms with Gasteiger partial charge in [-0.15, -0.1) is 0 Å². The Hall–Kier alpha value is -2.11. The number of amides is 2. The van der Waals surface area contributed by atoms with Crippen LogP contribution in [0, 0.1) is 6.92 Å². The molecule has 0 saturated carbocycles. The second kappa shape index (κ2) is 8.66. The normalized spacial score (nSPS) is 10.3. The average Bonchev–Trinajstić information content (AvgIpc) is 2.57. The minimum Gasteiger partial charge on any atom is -0.352 e. The number of pyridine rings is 1. The van der Waals surface area contributed by atoms with Gasteiger partial charge in [-0.05, 0) is 43.7 Å². The van der Waals surface area contributed by atoms with Crippen LogP contribution in [-0.4, -0.2) is 29.9 Å². The van der Waals surface area contributed by atoms with E-state index >= 15 is 0 Å². The molecule has 24 heavy (non-hydrogen) atoms. The molecule has 1 heterocycles. The lowest BCUT2D eigenvalue weighted by Gasteiger charge is -2.07. The van der Waals surface area contributed by atoms with Gasteiger partial charge in [-0.2, -0.15) is 0 Å². The summed E-state index contributed by atoms with van der Waals surface area (Å²) >= 11 is 11.7. The number of halogens is 2. The summed E-state index contributed by atoms with van der Waals surface area (Å²) < 4.78 is 0. The molecule has 2 aromatic rings. The summed E-state index contributed by atoms with van der Waals surface area (Å²) in [6, 6.07) is 8.21. The molecule has 0 aliphatic heterocycles. The van der Waals surface area contributed by atoms with Gasteiger partial charge in [0.15, 0.2) is 0 Å². The Bertz CT molecular complexity index is 733. The fraction of sp³-hybridized carbons (Fsp3) is 0.235. The average molecular weight is 366 g/mol. The van der Waals surface area contributed by atoms with Crippen molar-refractivity contribution >= 4 is 35.0 Å². The van der Waals surface area contributed by atoms with Crippen LogP contribution in [-0.2, 0) is 0 Å². The number of aromatic nitrogens is 1. The molecule has 2 rings (SSSR count). The second-order valence-electron chi connectivity index (χ2n) is 5.18. The largest absolute Gasteiger partial charge is 0.352 e. The van der Waals surface area contributed by atoms with Crippen molar-refractivity contribution in [2.24, 2.45) is 0 Å². The zero-order valence-electron chi connectivity index (χ0n) is 13.1. The van der Waals surface area contributed by atoms with Crippen LogP contribution in [0.5, 0.6) is 0 Å².